The Morgan fingerprint density at radius 1 is 0.333 bits per heavy atom. The van der Waals surface area contributed by atoms with Crippen molar-refractivity contribution in [2.75, 3.05) is 0 Å². The summed E-state index contributed by atoms with van der Waals surface area (Å²) in [7, 11) is 0. The van der Waals surface area contributed by atoms with E-state index < -0.39 is 0 Å². The second kappa shape index (κ2) is 14.9. The summed E-state index contributed by atoms with van der Waals surface area (Å²) in [5, 5.41) is 7.61. The molecule has 2 aromatic heterocycles. The lowest BCUT2D eigenvalue weighted by Crippen LogP contribution is -2.11. The van der Waals surface area contributed by atoms with Crippen molar-refractivity contribution in [1.29, 1.82) is 0 Å². The van der Waals surface area contributed by atoms with Gasteiger partial charge in [-0.05, 0) is 125 Å². The van der Waals surface area contributed by atoms with Gasteiger partial charge in [-0.2, -0.15) is 0 Å². The maximum absolute atomic E-state index is 5.18. The van der Waals surface area contributed by atoms with Gasteiger partial charge in [-0.1, -0.05) is 187 Å². The van der Waals surface area contributed by atoms with Crippen molar-refractivity contribution >= 4 is 54.4 Å². The van der Waals surface area contributed by atoms with Crippen LogP contribution in [-0.4, -0.2) is 19.1 Å². The van der Waals surface area contributed by atoms with Gasteiger partial charge in [0.15, 0.2) is 0 Å². The second-order valence-electron chi connectivity index (χ2n) is 19.9. The van der Waals surface area contributed by atoms with E-state index in [0.29, 0.717) is 0 Å². The van der Waals surface area contributed by atoms with Crippen LogP contribution in [0.15, 0.2) is 194 Å². The maximum atomic E-state index is 5.18. The van der Waals surface area contributed by atoms with Gasteiger partial charge in [0.25, 0.3) is 0 Å². The van der Waals surface area contributed by atoms with Gasteiger partial charge in [0.2, 0.25) is 0 Å². The van der Waals surface area contributed by atoms with Crippen molar-refractivity contribution in [3.8, 4) is 56.4 Å². The minimum Gasteiger partial charge on any atom is -0.292 e. The first-order valence-electron chi connectivity index (χ1n) is 23.1. The lowest BCUT2D eigenvalue weighted by atomic mass is 9.87. The SMILES string of the molecule is CC(C)(C)c1ccc(-n2c(-c3ccc(-c4ccc5ccc6ccc(-c7ccc(-c8nc9ccccc9n8-c8ccc(C(C)(C)C)cc8)cc7)c7ccc4c5c67)cc3)nc3ccccc32)cc1. The predicted molar refractivity (Wildman–Crippen MR) is 279 cm³/mol. The van der Waals surface area contributed by atoms with Crippen LogP contribution in [0.3, 0.4) is 0 Å². The van der Waals surface area contributed by atoms with Crippen LogP contribution >= 0.6 is 0 Å². The second-order valence-corrected chi connectivity index (χ2v) is 19.9. The van der Waals surface area contributed by atoms with Gasteiger partial charge < -0.3 is 0 Å². The van der Waals surface area contributed by atoms with E-state index in [2.05, 4.69) is 245 Å². The molecule has 4 heteroatoms. The van der Waals surface area contributed by atoms with E-state index in [-0.39, 0.29) is 10.8 Å². The predicted octanol–water partition coefficient (Wildman–Crippen LogP) is 16.5. The van der Waals surface area contributed by atoms with Crippen LogP contribution in [0.4, 0.5) is 0 Å². The zero-order valence-corrected chi connectivity index (χ0v) is 38.3. The van der Waals surface area contributed by atoms with E-state index in [4.69, 9.17) is 9.97 Å². The lowest BCUT2D eigenvalue weighted by Gasteiger charge is -2.20. The Labute approximate surface area is 385 Å². The number of aromatic nitrogens is 4. The molecule has 0 unspecified atom stereocenters. The van der Waals surface area contributed by atoms with E-state index in [0.717, 1.165) is 56.2 Å². The van der Waals surface area contributed by atoms with Crippen molar-refractivity contribution in [2.45, 2.75) is 52.4 Å². The Bertz CT molecular complexity index is 3530. The summed E-state index contributed by atoms with van der Waals surface area (Å²) in [6.45, 7) is 13.5. The van der Waals surface area contributed by atoms with Gasteiger partial charge in [0.1, 0.15) is 11.6 Å². The Hall–Kier alpha value is -7.82. The largest absolute Gasteiger partial charge is 0.292 e. The number of imidazole rings is 2. The van der Waals surface area contributed by atoms with Crippen LogP contribution < -0.4 is 0 Å². The smallest absolute Gasteiger partial charge is 0.145 e. The molecular formula is C62H50N4. The zero-order valence-electron chi connectivity index (χ0n) is 38.3. The molecule has 0 aliphatic rings. The fraction of sp³-hybridized carbons (Fsp3) is 0.129. The van der Waals surface area contributed by atoms with Crippen molar-refractivity contribution in [1.82, 2.24) is 19.1 Å². The average molecular weight is 851 g/mol. The monoisotopic (exact) mass is 850 g/mol. The van der Waals surface area contributed by atoms with Gasteiger partial charge in [0.05, 0.1) is 22.1 Å². The highest BCUT2D eigenvalue weighted by molar-refractivity contribution is 6.27. The molecule has 0 amide bonds. The van der Waals surface area contributed by atoms with E-state index in [1.807, 2.05) is 0 Å². The summed E-state index contributed by atoms with van der Waals surface area (Å²) in [4.78, 5) is 10.4. The molecule has 0 spiro atoms. The van der Waals surface area contributed by atoms with Crippen LogP contribution in [0.25, 0.3) is 111 Å². The summed E-state index contributed by atoms with van der Waals surface area (Å²) in [5.41, 5.74) is 16.1. The summed E-state index contributed by atoms with van der Waals surface area (Å²) < 4.78 is 4.59. The van der Waals surface area contributed by atoms with Crippen LogP contribution in [0.1, 0.15) is 52.7 Å². The summed E-state index contributed by atoms with van der Waals surface area (Å²) in [6.07, 6.45) is 0. The van der Waals surface area contributed by atoms with E-state index in [1.54, 1.807) is 0 Å². The molecule has 0 aliphatic carbocycles. The molecule has 0 radical (unpaired) electrons. The van der Waals surface area contributed by atoms with E-state index in [1.165, 1.54) is 65.7 Å². The first-order chi connectivity index (χ1) is 32.0. The highest BCUT2D eigenvalue weighted by Crippen LogP contribution is 2.43. The highest BCUT2D eigenvalue weighted by atomic mass is 15.1. The van der Waals surface area contributed by atoms with Crippen LogP contribution in [0.2, 0.25) is 0 Å². The molecule has 0 fully saturated rings. The Morgan fingerprint density at radius 3 is 1.06 bits per heavy atom. The first-order valence-corrected chi connectivity index (χ1v) is 23.1. The lowest BCUT2D eigenvalue weighted by molar-refractivity contribution is 0.590. The van der Waals surface area contributed by atoms with Gasteiger partial charge in [-0.3, -0.25) is 9.13 Å². The van der Waals surface area contributed by atoms with Crippen LogP contribution in [0, 0.1) is 0 Å². The van der Waals surface area contributed by atoms with Crippen molar-refractivity contribution in [3.63, 3.8) is 0 Å². The number of benzene rings is 10. The Morgan fingerprint density at radius 2 is 0.682 bits per heavy atom. The zero-order chi connectivity index (χ0) is 44.9. The summed E-state index contributed by atoms with van der Waals surface area (Å²) in [5.74, 6) is 1.87. The van der Waals surface area contributed by atoms with Gasteiger partial charge in [-0.25, -0.2) is 9.97 Å². The van der Waals surface area contributed by atoms with E-state index in [9.17, 15) is 0 Å². The molecule has 0 saturated carbocycles. The van der Waals surface area contributed by atoms with Crippen molar-refractivity contribution in [2.24, 2.45) is 0 Å². The molecule has 12 rings (SSSR count). The molecule has 0 bridgehead atoms. The standard InChI is InChI=1S/C62H50N4/c1-61(2,3)45-27-31-47(32-28-45)65-55-13-9-7-11-53(55)63-59(65)43-21-15-39(16-22-43)49-35-25-41-19-20-42-26-36-50(52-38-37-51(49)57(41)58(42)52)40-17-23-44(24-18-40)60-64-54-12-8-10-14-56(54)66(60)48-33-29-46(30-34-48)62(4,5)6/h7-38H,1-6H3. The van der Waals surface area contributed by atoms with Gasteiger partial charge >= 0.3 is 0 Å². The minimum atomic E-state index is 0.0812. The summed E-state index contributed by atoms with van der Waals surface area (Å²) >= 11 is 0. The molecule has 0 saturated heterocycles. The Balaban J connectivity index is 0.914. The third kappa shape index (κ3) is 6.50. The summed E-state index contributed by atoms with van der Waals surface area (Å²) in [6, 6.07) is 71.1. The van der Waals surface area contributed by atoms with Crippen LogP contribution in [-0.2, 0) is 10.8 Å². The minimum absolute atomic E-state index is 0.0812. The molecule has 4 nitrogen and oxygen atoms in total. The quantitative estimate of drug-likeness (QED) is 0.156. The van der Waals surface area contributed by atoms with Crippen molar-refractivity contribution < 1.29 is 0 Å². The number of nitrogens with zero attached hydrogens (tertiary/aromatic N) is 4. The number of hydrogen-bond donors (Lipinski definition) is 0. The van der Waals surface area contributed by atoms with Gasteiger partial charge in [0, 0.05) is 22.5 Å². The molecule has 0 aliphatic heterocycles. The van der Waals surface area contributed by atoms with Gasteiger partial charge in [-0.15, -0.1) is 0 Å². The topological polar surface area (TPSA) is 35.6 Å². The maximum Gasteiger partial charge on any atom is 0.145 e. The molecule has 10 aromatic carbocycles. The number of hydrogen-bond acceptors (Lipinski definition) is 2. The number of rotatable bonds is 6. The molecule has 2 heterocycles. The Kier molecular flexibility index (Phi) is 8.95. The first kappa shape index (κ1) is 39.7. The molecule has 0 N–H and O–H groups in total. The number of fused-ring (bicyclic) bond motifs is 2. The fourth-order valence-corrected chi connectivity index (χ4v) is 10.1. The third-order valence-electron chi connectivity index (χ3n) is 13.7. The molecule has 12 aromatic rings. The molecule has 66 heavy (non-hydrogen) atoms. The molecular weight excluding hydrogens is 801 g/mol. The van der Waals surface area contributed by atoms with E-state index >= 15 is 0 Å². The molecule has 318 valence electrons. The number of para-hydroxylation sites is 4. The molecule has 0 atom stereocenters. The fourth-order valence-electron chi connectivity index (χ4n) is 10.1. The third-order valence-corrected chi connectivity index (χ3v) is 13.7. The average Bonchev–Trinajstić information content (AvgIpc) is 3.92. The van der Waals surface area contributed by atoms with Crippen LogP contribution in [0.5, 0.6) is 0 Å². The normalized spacial score (nSPS) is 12.4. The van der Waals surface area contributed by atoms with Crippen molar-refractivity contribution in [3.05, 3.63) is 205 Å². The highest BCUT2D eigenvalue weighted by Gasteiger charge is 2.21.